The minimum atomic E-state index is -0.590. The molecule has 1 amide bonds. The van der Waals surface area contributed by atoms with Crippen LogP contribution in [0.3, 0.4) is 0 Å². The van der Waals surface area contributed by atoms with Crippen molar-refractivity contribution >= 4 is 5.91 Å². The third kappa shape index (κ3) is 3.75. The molecule has 1 fully saturated rings. The predicted molar refractivity (Wildman–Crippen MR) is 80.9 cm³/mol. The lowest BCUT2D eigenvalue weighted by Gasteiger charge is -2.19. The van der Waals surface area contributed by atoms with E-state index in [4.69, 9.17) is 4.74 Å². The van der Waals surface area contributed by atoms with Gasteiger partial charge in [0.25, 0.3) is 0 Å². The molecule has 0 aromatic heterocycles. The molecule has 0 N–H and O–H groups in total. The molecule has 0 spiro atoms. The summed E-state index contributed by atoms with van der Waals surface area (Å²) in [6.07, 6.45) is 2.53. The van der Waals surface area contributed by atoms with Crippen molar-refractivity contribution in [3.8, 4) is 11.8 Å². The molecule has 1 heterocycles. The highest BCUT2D eigenvalue weighted by Crippen LogP contribution is 2.21. The lowest BCUT2D eigenvalue weighted by molar-refractivity contribution is -0.133. The Hall–Kier alpha value is -2.02. The number of ether oxygens (including phenoxy) is 1. The zero-order chi connectivity index (χ0) is 15.2. The number of benzene rings is 1. The Morgan fingerprint density at radius 1 is 1.38 bits per heavy atom. The Morgan fingerprint density at radius 3 is 2.76 bits per heavy atom. The topological polar surface area (TPSA) is 53.3 Å². The van der Waals surface area contributed by atoms with Crippen LogP contribution in [0.15, 0.2) is 18.2 Å². The fourth-order valence-corrected chi connectivity index (χ4v) is 2.57. The SMILES string of the molecule is Cc1cccc(OCCC(C#N)C(=O)N2CCCC2)c1C. The van der Waals surface area contributed by atoms with Crippen molar-refractivity contribution in [2.24, 2.45) is 5.92 Å². The van der Waals surface area contributed by atoms with Gasteiger partial charge in [-0.05, 0) is 43.9 Å². The van der Waals surface area contributed by atoms with Crippen molar-refractivity contribution in [3.05, 3.63) is 29.3 Å². The van der Waals surface area contributed by atoms with Crippen LogP contribution in [0.25, 0.3) is 0 Å². The quantitative estimate of drug-likeness (QED) is 0.836. The van der Waals surface area contributed by atoms with Crippen molar-refractivity contribution in [1.82, 2.24) is 4.90 Å². The van der Waals surface area contributed by atoms with E-state index in [0.717, 1.165) is 37.2 Å². The molecule has 4 heteroatoms. The van der Waals surface area contributed by atoms with E-state index >= 15 is 0 Å². The molecular formula is C17H22N2O2. The first kappa shape index (κ1) is 15.4. The van der Waals surface area contributed by atoms with Crippen molar-refractivity contribution in [1.29, 1.82) is 5.26 Å². The summed E-state index contributed by atoms with van der Waals surface area (Å²) in [6, 6.07) is 8.03. The van der Waals surface area contributed by atoms with E-state index < -0.39 is 5.92 Å². The molecule has 1 aromatic rings. The number of hydrogen-bond acceptors (Lipinski definition) is 3. The van der Waals surface area contributed by atoms with E-state index in [1.54, 1.807) is 4.90 Å². The van der Waals surface area contributed by atoms with Crippen molar-refractivity contribution in [2.75, 3.05) is 19.7 Å². The molecular weight excluding hydrogens is 264 g/mol. The van der Waals surface area contributed by atoms with Crippen LogP contribution in [0.4, 0.5) is 0 Å². The predicted octanol–water partition coefficient (Wildman–Crippen LogP) is 2.83. The molecule has 1 saturated heterocycles. The number of nitrogens with zero attached hydrogens (tertiary/aromatic N) is 2. The van der Waals surface area contributed by atoms with Crippen LogP contribution in [0.1, 0.15) is 30.4 Å². The van der Waals surface area contributed by atoms with E-state index in [9.17, 15) is 10.1 Å². The van der Waals surface area contributed by atoms with Gasteiger partial charge in [-0.1, -0.05) is 12.1 Å². The summed E-state index contributed by atoms with van der Waals surface area (Å²) in [5, 5.41) is 9.20. The normalized spacial score (nSPS) is 15.6. The number of hydrogen-bond donors (Lipinski definition) is 0. The first-order chi connectivity index (χ1) is 10.1. The average molecular weight is 286 g/mol. The number of carbonyl (C=O) groups excluding carboxylic acids is 1. The molecule has 0 saturated carbocycles. The molecule has 1 aliphatic heterocycles. The largest absolute Gasteiger partial charge is 0.493 e. The van der Waals surface area contributed by atoms with Gasteiger partial charge in [0.05, 0.1) is 12.7 Å². The first-order valence-corrected chi connectivity index (χ1v) is 7.51. The smallest absolute Gasteiger partial charge is 0.240 e. The molecule has 0 radical (unpaired) electrons. The molecule has 4 nitrogen and oxygen atoms in total. The monoisotopic (exact) mass is 286 g/mol. The van der Waals surface area contributed by atoms with Crippen molar-refractivity contribution in [2.45, 2.75) is 33.1 Å². The molecule has 1 atom stereocenters. The van der Waals surface area contributed by atoms with Gasteiger partial charge in [-0.25, -0.2) is 0 Å². The Kier molecular flexibility index (Phi) is 5.21. The molecule has 112 valence electrons. The lowest BCUT2D eigenvalue weighted by atomic mass is 10.1. The minimum Gasteiger partial charge on any atom is -0.493 e. The number of amides is 1. The van der Waals surface area contributed by atoms with Gasteiger partial charge in [0.15, 0.2) is 0 Å². The third-order valence-corrected chi connectivity index (χ3v) is 4.09. The average Bonchev–Trinajstić information content (AvgIpc) is 3.01. The van der Waals surface area contributed by atoms with E-state index in [1.165, 1.54) is 5.56 Å². The molecule has 1 aromatic carbocycles. The highest BCUT2D eigenvalue weighted by atomic mass is 16.5. The number of nitriles is 1. The Labute approximate surface area is 126 Å². The van der Waals surface area contributed by atoms with Gasteiger partial charge < -0.3 is 9.64 Å². The molecule has 21 heavy (non-hydrogen) atoms. The first-order valence-electron chi connectivity index (χ1n) is 7.51. The van der Waals surface area contributed by atoms with E-state index in [-0.39, 0.29) is 5.91 Å². The summed E-state index contributed by atoms with van der Waals surface area (Å²) < 4.78 is 5.74. The summed E-state index contributed by atoms with van der Waals surface area (Å²) in [7, 11) is 0. The Bertz CT molecular complexity index is 542. The summed E-state index contributed by atoms with van der Waals surface area (Å²) in [6.45, 7) is 6.02. The van der Waals surface area contributed by atoms with E-state index in [1.807, 2.05) is 32.0 Å². The second kappa shape index (κ2) is 7.12. The number of rotatable bonds is 5. The van der Waals surface area contributed by atoms with Crippen LogP contribution in [0.5, 0.6) is 5.75 Å². The van der Waals surface area contributed by atoms with E-state index in [0.29, 0.717) is 13.0 Å². The van der Waals surface area contributed by atoms with Gasteiger partial charge in [-0.15, -0.1) is 0 Å². The highest BCUT2D eigenvalue weighted by molar-refractivity contribution is 5.81. The fraction of sp³-hybridized carbons (Fsp3) is 0.529. The van der Waals surface area contributed by atoms with Gasteiger partial charge in [-0.2, -0.15) is 5.26 Å². The van der Waals surface area contributed by atoms with Gasteiger partial charge >= 0.3 is 0 Å². The Balaban J connectivity index is 1.87. The minimum absolute atomic E-state index is 0.0421. The molecule has 0 aliphatic carbocycles. The fourth-order valence-electron chi connectivity index (χ4n) is 2.57. The van der Waals surface area contributed by atoms with Crippen LogP contribution in [0.2, 0.25) is 0 Å². The zero-order valence-electron chi connectivity index (χ0n) is 12.8. The summed E-state index contributed by atoms with van der Waals surface area (Å²) in [5.41, 5.74) is 2.29. The highest BCUT2D eigenvalue weighted by Gasteiger charge is 2.26. The maximum Gasteiger partial charge on any atom is 0.240 e. The second-order valence-electron chi connectivity index (χ2n) is 5.55. The van der Waals surface area contributed by atoms with Crippen molar-refractivity contribution in [3.63, 3.8) is 0 Å². The number of likely N-dealkylation sites (tertiary alicyclic amines) is 1. The zero-order valence-corrected chi connectivity index (χ0v) is 12.8. The summed E-state index contributed by atoms with van der Waals surface area (Å²) in [5.74, 6) is 0.202. The summed E-state index contributed by atoms with van der Waals surface area (Å²) in [4.78, 5) is 14.0. The molecule has 1 unspecified atom stereocenters. The molecule has 2 rings (SSSR count). The maximum atomic E-state index is 12.2. The lowest BCUT2D eigenvalue weighted by Crippen LogP contribution is -2.33. The van der Waals surface area contributed by atoms with Crippen LogP contribution in [0, 0.1) is 31.1 Å². The maximum absolute atomic E-state index is 12.2. The van der Waals surface area contributed by atoms with Gasteiger partial charge in [0, 0.05) is 19.5 Å². The van der Waals surface area contributed by atoms with E-state index in [2.05, 4.69) is 6.07 Å². The van der Waals surface area contributed by atoms with Gasteiger partial charge in [-0.3, -0.25) is 4.79 Å². The third-order valence-electron chi connectivity index (χ3n) is 4.09. The number of carbonyl (C=O) groups is 1. The second-order valence-corrected chi connectivity index (χ2v) is 5.55. The van der Waals surface area contributed by atoms with Gasteiger partial charge in [0.1, 0.15) is 11.7 Å². The number of aryl methyl sites for hydroxylation is 1. The summed E-state index contributed by atoms with van der Waals surface area (Å²) >= 11 is 0. The van der Waals surface area contributed by atoms with Crippen molar-refractivity contribution < 1.29 is 9.53 Å². The standard InChI is InChI=1S/C17H22N2O2/c1-13-6-5-7-16(14(13)2)21-11-8-15(12-18)17(20)19-9-3-4-10-19/h5-7,15H,3-4,8-11H2,1-2H3. The van der Waals surface area contributed by atoms with Crippen LogP contribution < -0.4 is 4.74 Å². The van der Waals surface area contributed by atoms with Gasteiger partial charge in [0.2, 0.25) is 5.91 Å². The Morgan fingerprint density at radius 2 is 2.10 bits per heavy atom. The molecule has 0 bridgehead atoms. The van der Waals surface area contributed by atoms with Crippen LogP contribution in [-0.2, 0) is 4.79 Å². The van der Waals surface area contributed by atoms with Crippen LogP contribution >= 0.6 is 0 Å². The molecule has 1 aliphatic rings. The van der Waals surface area contributed by atoms with Crippen LogP contribution in [-0.4, -0.2) is 30.5 Å².